The summed E-state index contributed by atoms with van der Waals surface area (Å²) < 4.78 is 19.5. The summed E-state index contributed by atoms with van der Waals surface area (Å²) >= 11 is 2.39. The topological polar surface area (TPSA) is 64.1 Å². The van der Waals surface area contributed by atoms with Crippen LogP contribution in [0.2, 0.25) is 0 Å². The predicted molar refractivity (Wildman–Crippen MR) is 99.5 cm³/mol. The van der Waals surface area contributed by atoms with Crippen LogP contribution in [-0.4, -0.2) is 46.6 Å². The number of aromatic nitrogens is 2. The number of hydrogen-bond donors (Lipinski definition) is 1. The summed E-state index contributed by atoms with van der Waals surface area (Å²) in [6, 6.07) is 9.98. The van der Waals surface area contributed by atoms with Crippen molar-refractivity contribution in [3.63, 3.8) is 0 Å². The van der Waals surface area contributed by atoms with Crippen LogP contribution < -0.4 is 14.4 Å². The Kier molecular flexibility index (Phi) is 5.52. The van der Waals surface area contributed by atoms with Crippen LogP contribution in [0.4, 0.5) is 4.39 Å². The maximum atomic E-state index is 13.5. The Morgan fingerprint density at radius 1 is 1.23 bits per heavy atom. The molecule has 0 unspecified atom stereocenters. The fraction of sp³-hybridized carbons (Fsp3) is 0.211. The van der Waals surface area contributed by atoms with Crippen molar-refractivity contribution in [3.8, 4) is 16.9 Å². The fourth-order valence-electron chi connectivity index (χ4n) is 2.70. The first kappa shape index (κ1) is 18.3. The van der Waals surface area contributed by atoms with Gasteiger partial charge in [-0.2, -0.15) is 0 Å². The fourth-order valence-corrected chi connectivity index (χ4v) is 3.38. The summed E-state index contributed by atoms with van der Waals surface area (Å²) in [5.41, 5.74) is 2.39. The van der Waals surface area contributed by atoms with Crippen LogP contribution in [0, 0.1) is 5.82 Å². The van der Waals surface area contributed by atoms with Crippen molar-refractivity contribution < 1.29 is 13.9 Å². The van der Waals surface area contributed by atoms with Crippen LogP contribution in [0.3, 0.4) is 0 Å². The molecule has 132 valence electrons. The van der Waals surface area contributed by atoms with E-state index in [1.807, 2.05) is 25.1 Å². The van der Waals surface area contributed by atoms with Crippen molar-refractivity contribution in [2.24, 2.45) is 0 Å². The van der Waals surface area contributed by atoms with Gasteiger partial charge in [0.05, 0.1) is 0 Å². The minimum absolute atomic E-state index is 0.248. The van der Waals surface area contributed by atoms with E-state index in [2.05, 4.69) is 32.4 Å². The second-order valence-corrected chi connectivity index (χ2v) is 6.64. The molecule has 1 amide bonds. The van der Waals surface area contributed by atoms with Crippen molar-refractivity contribution in [2.75, 3.05) is 13.7 Å². The van der Waals surface area contributed by atoms with Crippen molar-refractivity contribution in [2.45, 2.75) is 13.3 Å². The monoisotopic (exact) mass is 413 g/mol. The van der Waals surface area contributed by atoms with Gasteiger partial charge in [0.25, 0.3) is 0 Å². The molecule has 1 N–H and O–H groups in total. The summed E-state index contributed by atoms with van der Waals surface area (Å²) in [6.45, 7) is 2.56. The molecule has 7 heteroatoms. The van der Waals surface area contributed by atoms with E-state index in [0.717, 1.165) is 17.4 Å². The van der Waals surface area contributed by atoms with Gasteiger partial charge in [0, 0.05) is 0 Å². The predicted octanol–water partition coefficient (Wildman–Crippen LogP) is 2.38. The number of rotatable bonds is 5. The summed E-state index contributed by atoms with van der Waals surface area (Å²) in [5, 5.41) is 12.0. The minimum atomic E-state index is -0.375. The van der Waals surface area contributed by atoms with Gasteiger partial charge in [0.2, 0.25) is 0 Å². The van der Waals surface area contributed by atoms with E-state index in [1.165, 1.54) is 19.2 Å². The number of hydrogen-bond acceptors (Lipinski definition) is 4. The van der Waals surface area contributed by atoms with Gasteiger partial charge >= 0.3 is 159 Å². The zero-order valence-electron chi connectivity index (χ0n) is 14.4. The number of benzene rings is 2. The standard InChI is InChI=1S/C19H17AsFN3O2/c1-3-9-22-19(25)18-16(20)14-6-4-5-13(17(14)23-24-18)12-8-7-11(21)10-15(12)26-2/h4-8,10H,3,9H2,1-2H3,(H,22,25). The first-order valence-corrected chi connectivity index (χ1v) is 9.11. The summed E-state index contributed by atoms with van der Waals surface area (Å²) in [4.78, 5) is 12.3. The normalized spacial score (nSPS) is 10.8. The molecule has 1 heterocycles. The summed E-state index contributed by atoms with van der Waals surface area (Å²) in [6.07, 6.45) is 0.842. The van der Waals surface area contributed by atoms with E-state index in [-0.39, 0.29) is 17.4 Å². The first-order chi connectivity index (χ1) is 12.6. The van der Waals surface area contributed by atoms with Gasteiger partial charge < -0.3 is 0 Å². The van der Waals surface area contributed by atoms with Crippen LogP contribution in [0.5, 0.6) is 5.75 Å². The van der Waals surface area contributed by atoms with Crippen molar-refractivity contribution in [3.05, 3.63) is 47.9 Å². The first-order valence-electron chi connectivity index (χ1n) is 8.17. The number of fused-ring (bicyclic) bond motifs is 1. The second-order valence-electron chi connectivity index (χ2n) is 5.70. The molecule has 0 atom stereocenters. The number of amides is 1. The summed E-state index contributed by atoms with van der Waals surface area (Å²) in [7, 11) is 1.49. The molecule has 26 heavy (non-hydrogen) atoms. The molecule has 2 radical (unpaired) electrons. The van der Waals surface area contributed by atoms with E-state index >= 15 is 0 Å². The number of ether oxygens (including phenoxy) is 1. The zero-order valence-corrected chi connectivity index (χ0v) is 16.3. The third-order valence-corrected chi connectivity index (χ3v) is 4.92. The average Bonchev–Trinajstić information content (AvgIpc) is 2.66. The average molecular weight is 413 g/mol. The van der Waals surface area contributed by atoms with Gasteiger partial charge in [-0.1, -0.05) is 0 Å². The maximum absolute atomic E-state index is 13.5. The molecular weight excluding hydrogens is 396 g/mol. The molecule has 0 aliphatic rings. The molecule has 0 aliphatic carbocycles. The van der Waals surface area contributed by atoms with Crippen LogP contribution >= 0.6 is 0 Å². The third kappa shape index (κ3) is 3.42. The van der Waals surface area contributed by atoms with Gasteiger partial charge in [-0.3, -0.25) is 0 Å². The molecule has 0 saturated carbocycles. The van der Waals surface area contributed by atoms with Crippen LogP contribution in [0.1, 0.15) is 23.8 Å². The number of nitrogens with one attached hydrogen (secondary N) is 1. The van der Waals surface area contributed by atoms with Crippen molar-refractivity contribution >= 4 is 38.0 Å². The van der Waals surface area contributed by atoms with E-state index in [4.69, 9.17) is 4.74 Å². The number of halogens is 1. The molecule has 0 aliphatic heterocycles. The van der Waals surface area contributed by atoms with Gasteiger partial charge in [0.15, 0.2) is 0 Å². The Morgan fingerprint density at radius 3 is 2.77 bits per heavy atom. The number of carbonyl (C=O) groups is 1. The van der Waals surface area contributed by atoms with Gasteiger partial charge in [-0.15, -0.1) is 0 Å². The Hall–Kier alpha value is -2.46. The zero-order chi connectivity index (χ0) is 18.7. The van der Waals surface area contributed by atoms with Crippen LogP contribution in [-0.2, 0) is 0 Å². The molecule has 3 rings (SSSR count). The van der Waals surface area contributed by atoms with Gasteiger partial charge in [-0.25, -0.2) is 0 Å². The molecule has 0 spiro atoms. The molecule has 0 fully saturated rings. The van der Waals surface area contributed by atoms with Crippen molar-refractivity contribution in [1.82, 2.24) is 15.5 Å². The number of nitrogens with zero attached hydrogens (tertiary/aromatic N) is 2. The van der Waals surface area contributed by atoms with Gasteiger partial charge in [-0.05, 0) is 0 Å². The van der Waals surface area contributed by atoms with E-state index in [9.17, 15) is 9.18 Å². The molecule has 5 nitrogen and oxygen atoms in total. The molecule has 1 aromatic heterocycles. The molecule has 3 aromatic rings. The second kappa shape index (κ2) is 7.83. The molecule has 0 saturated heterocycles. The Morgan fingerprint density at radius 2 is 2.04 bits per heavy atom. The van der Waals surface area contributed by atoms with E-state index in [1.54, 1.807) is 6.07 Å². The van der Waals surface area contributed by atoms with Crippen LogP contribution in [0.15, 0.2) is 36.4 Å². The number of carbonyl (C=O) groups excluding carboxylic acids is 1. The van der Waals surface area contributed by atoms with E-state index < -0.39 is 0 Å². The quantitative estimate of drug-likeness (QED) is 0.653. The Balaban J connectivity index is 2.16. The summed E-state index contributed by atoms with van der Waals surface area (Å²) in [5.74, 6) is -0.211. The van der Waals surface area contributed by atoms with Gasteiger partial charge in [0.1, 0.15) is 0 Å². The molecular formula is C19H17AsFN3O2. The molecule has 0 bridgehead atoms. The van der Waals surface area contributed by atoms with E-state index in [0.29, 0.717) is 27.7 Å². The van der Waals surface area contributed by atoms with Crippen LogP contribution in [0.25, 0.3) is 22.0 Å². The molecule has 2 aromatic carbocycles. The Bertz CT molecular complexity index is 978. The Labute approximate surface area is 159 Å². The SMILES string of the molecule is CCCNC(=O)c1nnc2c(-c3ccc(F)cc3OC)cccc2c1[As]. The third-order valence-electron chi connectivity index (χ3n) is 3.97. The number of methoxy groups -OCH3 is 1. The van der Waals surface area contributed by atoms with Crippen molar-refractivity contribution in [1.29, 1.82) is 0 Å².